The van der Waals surface area contributed by atoms with Crippen molar-refractivity contribution in [2.45, 2.75) is 63.8 Å². The Morgan fingerprint density at radius 2 is 1.68 bits per heavy atom. The topological polar surface area (TPSA) is 146 Å². The fourth-order valence-corrected chi connectivity index (χ4v) is 8.06. The Morgan fingerprint density at radius 1 is 1.00 bits per heavy atom. The van der Waals surface area contributed by atoms with Crippen LogP contribution >= 0.6 is 18.9 Å². The zero-order valence-corrected chi connectivity index (χ0v) is 31.2. The molecule has 3 aromatic carbocycles. The van der Waals surface area contributed by atoms with Gasteiger partial charge in [0.1, 0.15) is 18.2 Å². The fraction of sp³-hybridized carbons (Fsp3) is 0.395. The molecule has 1 aromatic heterocycles. The van der Waals surface area contributed by atoms with Crippen molar-refractivity contribution in [1.82, 2.24) is 15.1 Å². The van der Waals surface area contributed by atoms with Crippen molar-refractivity contribution in [3.8, 4) is 0 Å². The third-order valence-corrected chi connectivity index (χ3v) is 11.7. The zero-order valence-electron chi connectivity index (χ0n) is 29.5. The molecule has 0 spiro atoms. The molecular formula is C38H42F2N3O8PS. The number of halogens is 2. The molecule has 53 heavy (non-hydrogen) atoms. The summed E-state index contributed by atoms with van der Waals surface area (Å²) in [7, 11) is -5.80. The molecule has 2 unspecified atom stereocenters. The highest BCUT2D eigenvalue weighted by atomic mass is 32.1. The van der Waals surface area contributed by atoms with Gasteiger partial charge in [0.05, 0.1) is 30.7 Å². The average Bonchev–Trinajstić information content (AvgIpc) is 3.77. The summed E-state index contributed by atoms with van der Waals surface area (Å²) in [5.41, 5.74) is -4.23. The molecule has 282 valence electrons. The molecule has 11 nitrogen and oxygen atoms in total. The van der Waals surface area contributed by atoms with Gasteiger partial charge in [-0.3, -0.25) is 18.9 Å². The first kappa shape index (κ1) is 38.7. The van der Waals surface area contributed by atoms with E-state index < -0.39 is 54.2 Å². The molecule has 0 radical (unpaired) electrons. The minimum absolute atomic E-state index is 0.108. The first-order valence-electron chi connectivity index (χ1n) is 17.2. The molecule has 6 rings (SSSR count). The molecule has 2 fully saturated rings. The van der Waals surface area contributed by atoms with Crippen LogP contribution in [0.5, 0.6) is 0 Å². The van der Waals surface area contributed by atoms with E-state index in [0.29, 0.717) is 24.4 Å². The molecule has 3 N–H and O–H groups in total. The Labute approximate surface area is 310 Å². The van der Waals surface area contributed by atoms with E-state index in [1.54, 1.807) is 25.7 Å². The van der Waals surface area contributed by atoms with Gasteiger partial charge >= 0.3 is 13.3 Å². The number of benzene rings is 3. The Morgan fingerprint density at radius 3 is 2.34 bits per heavy atom. The standard InChI is InChI=1S/C38H42F2N3O8PS/c1-37(2,3)33(41-34(44)32-19-26-18-27(14-15-31(26)53-32)38(39,40)52(47,48)49)36(46)43-21-28(51-23-24-10-6-4-7-11-24)20-29(43)35(45)42-16-17-50-30(22-42)25-12-8-5-9-13-25/h4-15,18-19,28-30,33H,16-17,20-23H2,1-3H3,(H,41,44)(H2,47,48,49)/t28-,29+,30?,33?/m1/s1. The second kappa shape index (κ2) is 15.4. The Kier molecular flexibility index (Phi) is 11.2. The Bertz CT molecular complexity index is 2000. The third-order valence-electron chi connectivity index (χ3n) is 9.55. The lowest BCUT2D eigenvalue weighted by atomic mass is 9.85. The Balaban J connectivity index is 1.24. The Hall–Kier alpha value is -4.04. The van der Waals surface area contributed by atoms with Gasteiger partial charge in [-0.1, -0.05) is 87.5 Å². The summed E-state index contributed by atoms with van der Waals surface area (Å²) in [6.45, 7) is 6.77. The minimum atomic E-state index is -5.80. The lowest BCUT2D eigenvalue weighted by Gasteiger charge is -2.38. The van der Waals surface area contributed by atoms with Gasteiger partial charge in [-0.05, 0) is 40.1 Å². The number of morpholine rings is 1. The van der Waals surface area contributed by atoms with Crippen LogP contribution < -0.4 is 5.32 Å². The van der Waals surface area contributed by atoms with Crippen molar-refractivity contribution in [2.75, 3.05) is 26.2 Å². The van der Waals surface area contributed by atoms with Crippen LogP contribution in [0.3, 0.4) is 0 Å². The highest BCUT2D eigenvalue weighted by molar-refractivity contribution is 7.52. The van der Waals surface area contributed by atoms with E-state index >= 15 is 0 Å². The summed E-state index contributed by atoms with van der Waals surface area (Å²) in [4.78, 5) is 64.4. The van der Waals surface area contributed by atoms with Crippen molar-refractivity contribution >= 4 is 46.7 Å². The van der Waals surface area contributed by atoms with Crippen LogP contribution in [0.25, 0.3) is 10.1 Å². The third kappa shape index (κ3) is 8.53. The molecule has 0 saturated carbocycles. The van der Waals surface area contributed by atoms with E-state index in [9.17, 15) is 37.5 Å². The van der Waals surface area contributed by atoms with E-state index in [0.717, 1.165) is 34.6 Å². The van der Waals surface area contributed by atoms with E-state index in [2.05, 4.69) is 5.32 Å². The molecular weight excluding hydrogens is 727 g/mol. The first-order valence-corrected chi connectivity index (χ1v) is 19.7. The van der Waals surface area contributed by atoms with E-state index in [1.807, 2.05) is 60.7 Å². The van der Waals surface area contributed by atoms with Gasteiger partial charge in [-0.15, -0.1) is 11.3 Å². The molecule has 2 saturated heterocycles. The second-order valence-corrected chi connectivity index (χ2v) is 17.2. The van der Waals surface area contributed by atoms with Crippen LogP contribution in [-0.4, -0.2) is 81.7 Å². The lowest BCUT2D eigenvalue weighted by molar-refractivity contribution is -0.150. The number of alkyl halides is 2. The van der Waals surface area contributed by atoms with Crippen LogP contribution in [0.2, 0.25) is 0 Å². The van der Waals surface area contributed by atoms with Gasteiger partial charge in [0.15, 0.2) is 0 Å². The second-order valence-electron chi connectivity index (χ2n) is 14.4. The van der Waals surface area contributed by atoms with Crippen molar-refractivity contribution < 1.29 is 47.0 Å². The number of hydrogen-bond donors (Lipinski definition) is 3. The summed E-state index contributed by atoms with van der Waals surface area (Å²) in [6.07, 6.45) is -0.530. The van der Waals surface area contributed by atoms with Gasteiger partial charge in [-0.2, -0.15) is 8.78 Å². The maximum atomic E-state index is 14.6. The van der Waals surface area contributed by atoms with Crippen molar-refractivity contribution in [3.05, 3.63) is 106 Å². The minimum Gasteiger partial charge on any atom is -0.372 e. The van der Waals surface area contributed by atoms with E-state index in [-0.39, 0.29) is 41.8 Å². The SMILES string of the molecule is CC(C)(C)C(NC(=O)c1cc2cc(C(F)(F)P(=O)(O)O)ccc2s1)C(=O)N1C[C@H](OCc2ccccc2)C[C@H]1C(=O)N1CCOC(c2ccccc2)C1. The van der Waals surface area contributed by atoms with Crippen LogP contribution in [0.15, 0.2) is 84.9 Å². The zero-order chi connectivity index (χ0) is 38.1. The monoisotopic (exact) mass is 769 g/mol. The maximum Gasteiger partial charge on any atom is 0.399 e. The number of carbonyl (C=O) groups is 3. The number of carbonyl (C=O) groups excluding carboxylic acids is 3. The number of nitrogens with zero attached hydrogens (tertiary/aromatic N) is 2. The molecule has 4 atom stereocenters. The predicted molar refractivity (Wildman–Crippen MR) is 195 cm³/mol. The summed E-state index contributed by atoms with van der Waals surface area (Å²) < 4.78 is 53.0. The van der Waals surface area contributed by atoms with Gasteiger partial charge < -0.3 is 34.4 Å². The normalized spacial score (nSPS) is 20.4. The van der Waals surface area contributed by atoms with Crippen LogP contribution in [0.4, 0.5) is 8.78 Å². The number of amides is 3. The van der Waals surface area contributed by atoms with Crippen molar-refractivity contribution in [3.63, 3.8) is 0 Å². The van der Waals surface area contributed by atoms with E-state index in [4.69, 9.17) is 9.47 Å². The number of rotatable bonds is 10. The number of hydrogen-bond acceptors (Lipinski definition) is 7. The summed E-state index contributed by atoms with van der Waals surface area (Å²) in [5.74, 6) is -1.34. The number of nitrogens with one attached hydrogen (secondary N) is 1. The van der Waals surface area contributed by atoms with Gasteiger partial charge in [0, 0.05) is 29.8 Å². The summed E-state index contributed by atoms with van der Waals surface area (Å²) in [6, 6.07) is 21.7. The van der Waals surface area contributed by atoms with Crippen molar-refractivity contribution in [2.24, 2.45) is 5.41 Å². The van der Waals surface area contributed by atoms with Crippen LogP contribution in [0, 0.1) is 5.41 Å². The van der Waals surface area contributed by atoms with Gasteiger partial charge in [0.2, 0.25) is 11.8 Å². The predicted octanol–water partition coefficient (Wildman–Crippen LogP) is 6.06. The molecule has 3 heterocycles. The van der Waals surface area contributed by atoms with Crippen LogP contribution in [-0.2, 0) is 35.9 Å². The fourth-order valence-electron chi connectivity index (χ4n) is 6.64. The molecule has 4 aromatic rings. The summed E-state index contributed by atoms with van der Waals surface area (Å²) in [5, 5.41) is 3.03. The number of thiophene rings is 1. The number of fused-ring (bicyclic) bond motifs is 1. The average molecular weight is 770 g/mol. The quantitative estimate of drug-likeness (QED) is 0.165. The van der Waals surface area contributed by atoms with E-state index in [1.165, 1.54) is 17.0 Å². The van der Waals surface area contributed by atoms with Crippen LogP contribution in [0.1, 0.15) is 59.7 Å². The number of ether oxygens (including phenoxy) is 2. The van der Waals surface area contributed by atoms with Crippen molar-refractivity contribution in [1.29, 1.82) is 0 Å². The highest BCUT2D eigenvalue weighted by Gasteiger charge is 2.51. The molecule has 2 aliphatic heterocycles. The smallest absolute Gasteiger partial charge is 0.372 e. The summed E-state index contributed by atoms with van der Waals surface area (Å²) >= 11 is 0.988. The van der Waals surface area contributed by atoms with Gasteiger partial charge in [0.25, 0.3) is 5.91 Å². The maximum absolute atomic E-state index is 14.6. The molecule has 0 bridgehead atoms. The number of likely N-dealkylation sites (tertiary alicyclic amines) is 1. The molecule has 2 aliphatic rings. The molecule has 3 amide bonds. The van der Waals surface area contributed by atoms with Gasteiger partial charge in [-0.25, -0.2) is 0 Å². The molecule has 15 heteroatoms. The lowest BCUT2D eigenvalue weighted by Crippen LogP contribution is -2.58. The largest absolute Gasteiger partial charge is 0.399 e. The highest BCUT2D eigenvalue weighted by Crippen LogP contribution is 2.59. The molecule has 0 aliphatic carbocycles. The first-order chi connectivity index (χ1) is 25.0.